The number of phosphoric ester groups is 1. The average molecular weight is 847 g/mol. The highest BCUT2D eigenvalue weighted by Gasteiger charge is 2.51. The SMILES string of the molecule is CC/C=C\C/C=C\C/C=C\CCCCCCCCCCOCC(COP(=O)(O)OC1C(O)C(O)C(O)C(O)C1O)OC(=O)CCCCCCCCCCCCCCC. The van der Waals surface area contributed by atoms with Crippen LogP contribution in [0.4, 0.5) is 0 Å². The number of esters is 1. The van der Waals surface area contributed by atoms with Gasteiger partial charge < -0.3 is 39.9 Å². The standard InChI is InChI=1S/C45H83O12P/c1-3-5-7-9-11-13-15-17-18-19-20-21-23-25-27-29-31-33-35-54-36-38(37-55-58(52,53)57-45-43(50)41(48)40(47)42(49)44(45)51)56-39(46)34-32-30-28-26-24-22-16-14-12-10-8-6-4-2/h5,7,11,13,17-18,38,40-45,47-51H,3-4,6,8-10,12,14-16,19-37H2,1-2H3,(H,52,53)/b7-5-,13-11-,18-17-. The maximum absolute atomic E-state index is 12.8. The Bertz CT molecular complexity index is 1100. The van der Waals surface area contributed by atoms with Crippen molar-refractivity contribution in [3.63, 3.8) is 0 Å². The normalized spacial score (nSPS) is 23.0. The van der Waals surface area contributed by atoms with Crippen molar-refractivity contribution in [1.29, 1.82) is 0 Å². The summed E-state index contributed by atoms with van der Waals surface area (Å²) in [4.78, 5) is 23.1. The molecule has 0 aliphatic heterocycles. The molecule has 1 fully saturated rings. The highest BCUT2D eigenvalue weighted by atomic mass is 31.2. The highest BCUT2D eigenvalue weighted by molar-refractivity contribution is 7.47. The zero-order chi connectivity index (χ0) is 42.7. The number of ether oxygens (including phenoxy) is 2. The van der Waals surface area contributed by atoms with Crippen molar-refractivity contribution >= 4 is 13.8 Å². The van der Waals surface area contributed by atoms with Crippen LogP contribution in [0.5, 0.6) is 0 Å². The Morgan fingerprint density at radius 1 is 0.569 bits per heavy atom. The fourth-order valence-electron chi connectivity index (χ4n) is 6.90. The Balaban J connectivity index is 2.39. The van der Waals surface area contributed by atoms with E-state index in [-0.39, 0.29) is 13.0 Å². The Morgan fingerprint density at radius 3 is 1.55 bits per heavy atom. The van der Waals surface area contributed by atoms with Gasteiger partial charge in [-0.3, -0.25) is 13.8 Å². The third-order valence-corrected chi connectivity index (χ3v) is 11.5. The minimum absolute atomic E-state index is 0.0797. The van der Waals surface area contributed by atoms with Crippen molar-refractivity contribution in [2.75, 3.05) is 19.8 Å². The molecule has 1 rings (SSSR count). The van der Waals surface area contributed by atoms with Gasteiger partial charge in [-0.1, -0.05) is 166 Å². The second-order valence-electron chi connectivity index (χ2n) is 15.9. The van der Waals surface area contributed by atoms with E-state index in [4.69, 9.17) is 18.5 Å². The Morgan fingerprint density at radius 2 is 1.02 bits per heavy atom. The Kier molecular flexibility index (Phi) is 34.1. The first-order chi connectivity index (χ1) is 28.0. The van der Waals surface area contributed by atoms with Gasteiger partial charge in [-0.15, -0.1) is 0 Å². The molecule has 0 heterocycles. The van der Waals surface area contributed by atoms with Crippen LogP contribution in [-0.2, 0) is 27.9 Å². The van der Waals surface area contributed by atoms with Crippen LogP contribution in [0.1, 0.15) is 181 Å². The van der Waals surface area contributed by atoms with Crippen LogP contribution in [0.15, 0.2) is 36.5 Å². The van der Waals surface area contributed by atoms with E-state index in [1.165, 1.54) is 83.5 Å². The summed E-state index contributed by atoms with van der Waals surface area (Å²) < 4.78 is 34.2. The van der Waals surface area contributed by atoms with Crippen LogP contribution in [0.3, 0.4) is 0 Å². The fraction of sp³-hybridized carbons (Fsp3) is 0.844. The molecule has 0 amide bonds. The van der Waals surface area contributed by atoms with Gasteiger partial charge in [0, 0.05) is 13.0 Å². The molecular weight excluding hydrogens is 763 g/mol. The summed E-state index contributed by atoms with van der Waals surface area (Å²) in [6.45, 7) is 4.13. The van der Waals surface area contributed by atoms with E-state index in [0.717, 1.165) is 70.6 Å². The number of carbonyl (C=O) groups is 1. The van der Waals surface area contributed by atoms with Gasteiger partial charge in [0.1, 0.15) is 42.7 Å². The van der Waals surface area contributed by atoms with Crippen molar-refractivity contribution < 1.29 is 58.3 Å². The van der Waals surface area contributed by atoms with Crippen molar-refractivity contribution in [3.8, 4) is 0 Å². The molecule has 0 aromatic rings. The first-order valence-electron chi connectivity index (χ1n) is 22.8. The molecule has 6 N–H and O–H groups in total. The number of allylic oxidation sites excluding steroid dienone is 6. The molecule has 0 radical (unpaired) electrons. The lowest BCUT2D eigenvalue weighted by atomic mass is 9.85. The van der Waals surface area contributed by atoms with Crippen molar-refractivity contribution in [3.05, 3.63) is 36.5 Å². The predicted molar refractivity (Wildman–Crippen MR) is 230 cm³/mol. The lowest BCUT2D eigenvalue weighted by Crippen LogP contribution is -2.64. The summed E-state index contributed by atoms with van der Waals surface area (Å²) in [6.07, 6.45) is 29.3. The molecule has 0 bridgehead atoms. The molecule has 1 aliphatic rings. The summed E-state index contributed by atoms with van der Waals surface area (Å²) in [7, 11) is -5.02. The summed E-state index contributed by atoms with van der Waals surface area (Å²) in [6, 6.07) is 0. The molecular formula is C45H83O12P. The molecule has 0 aromatic heterocycles. The van der Waals surface area contributed by atoms with Crippen LogP contribution in [-0.4, -0.2) is 98.9 Å². The van der Waals surface area contributed by atoms with Gasteiger partial charge in [-0.25, -0.2) is 4.57 Å². The third-order valence-electron chi connectivity index (χ3n) is 10.5. The second kappa shape index (κ2) is 36.2. The lowest BCUT2D eigenvalue weighted by Gasteiger charge is -2.41. The third kappa shape index (κ3) is 28.2. The van der Waals surface area contributed by atoms with Crippen LogP contribution >= 0.6 is 7.82 Å². The van der Waals surface area contributed by atoms with Crippen LogP contribution in [0, 0.1) is 0 Å². The van der Waals surface area contributed by atoms with Gasteiger partial charge in [-0.2, -0.15) is 0 Å². The molecule has 58 heavy (non-hydrogen) atoms. The van der Waals surface area contributed by atoms with E-state index in [1.807, 2.05) is 0 Å². The molecule has 6 atom stereocenters. The van der Waals surface area contributed by atoms with Crippen LogP contribution < -0.4 is 0 Å². The van der Waals surface area contributed by atoms with Gasteiger partial charge in [0.05, 0.1) is 13.2 Å². The first-order valence-corrected chi connectivity index (χ1v) is 24.3. The number of aliphatic hydroxyl groups is 5. The van der Waals surface area contributed by atoms with Crippen LogP contribution in [0.2, 0.25) is 0 Å². The topological polar surface area (TPSA) is 192 Å². The molecule has 0 saturated heterocycles. The van der Waals surface area contributed by atoms with Gasteiger partial charge in [0.2, 0.25) is 0 Å². The van der Waals surface area contributed by atoms with Gasteiger partial charge in [0.15, 0.2) is 0 Å². The van der Waals surface area contributed by atoms with E-state index in [0.29, 0.717) is 13.0 Å². The summed E-state index contributed by atoms with van der Waals surface area (Å²) >= 11 is 0. The monoisotopic (exact) mass is 847 g/mol. The molecule has 1 saturated carbocycles. The molecule has 12 nitrogen and oxygen atoms in total. The first kappa shape index (κ1) is 54.6. The van der Waals surface area contributed by atoms with E-state index < -0.39 is 63.1 Å². The van der Waals surface area contributed by atoms with Gasteiger partial charge in [0.25, 0.3) is 0 Å². The predicted octanol–water partition coefficient (Wildman–Crippen LogP) is 9.09. The Labute approximate surface area is 351 Å². The second-order valence-corrected chi connectivity index (χ2v) is 17.3. The minimum atomic E-state index is -5.02. The van der Waals surface area contributed by atoms with Gasteiger partial charge in [-0.05, 0) is 44.9 Å². The van der Waals surface area contributed by atoms with E-state index >= 15 is 0 Å². The molecule has 1 aliphatic carbocycles. The van der Waals surface area contributed by atoms with E-state index in [9.17, 15) is 39.8 Å². The molecule has 6 unspecified atom stereocenters. The van der Waals surface area contributed by atoms with Gasteiger partial charge >= 0.3 is 13.8 Å². The minimum Gasteiger partial charge on any atom is -0.457 e. The summed E-state index contributed by atoms with van der Waals surface area (Å²) in [5.74, 6) is -0.480. The highest BCUT2D eigenvalue weighted by Crippen LogP contribution is 2.47. The number of carbonyl (C=O) groups excluding carboxylic acids is 1. The number of hydrogen-bond acceptors (Lipinski definition) is 11. The molecule has 13 heteroatoms. The zero-order valence-corrected chi connectivity index (χ0v) is 37.0. The number of hydrogen-bond donors (Lipinski definition) is 6. The van der Waals surface area contributed by atoms with Crippen molar-refractivity contribution in [2.45, 2.75) is 224 Å². The van der Waals surface area contributed by atoms with Crippen molar-refractivity contribution in [2.24, 2.45) is 0 Å². The van der Waals surface area contributed by atoms with Crippen LogP contribution in [0.25, 0.3) is 0 Å². The largest absolute Gasteiger partial charge is 0.472 e. The number of rotatable bonds is 38. The molecule has 340 valence electrons. The van der Waals surface area contributed by atoms with Crippen molar-refractivity contribution in [1.82, 2.24) is 0 Å². The number of aliphatic hydroxyl groups excluding tert-OH is 5. The number of unbranched alkanes of at least 4 members (excludes halogenated alkanes) is 20. The maximum atomic E-state index is 12.8. The average Bonchev–Trinajstić information content (AvgIpc) is 3.21. The number of phosphoric acid groups is 1. The summed E-state index contributed by atoms with van der Waals surface area (Å²) in [5.41, 5.74) is 0. The zero-order valence-electron chi connectivity index (χ0n) is 36.1. The van der Waals surface area contributed by atoms with E-state index in [1.54, 1.807) is 0 Å². The fourth-order valence-corrected chi connectivity index (χ4v) is 7.87. The summed E-state index contributed by atoms with van der Waals surface area (Å²) in [5, 5.41) is 50.1. The molecule has 0 aromatic carbocycles. The lowest BCUT2D eigenvalue weighted by molar-refractivity contribution is -0.220. The molecule has 0 spiro atoms. The quantitative estimate of drug-likeness (QED) is 0.0150. The smallest absolute Gasteiger partial charge is 0.457 e. The Hall–Kier alpha value is -1.44. The van der Waals surface area contributed by atoms with E-state index in [2.05, 4.69) is 50.3 Å². The maximum Gasteiger partial charge on any atom is 0.472 e.